The van der Waals surface area contributed by atoms with Crippen molar-refractivity contribution in [3.63, 3.8) is 0 Å². The van der Waals surface area contributed by atoms with Crippen LogP contribution in [0.5, 0.6) is 0 Å². The average Bonchev–Trinajstić information content (AvgIpc) is 2.61. The Morgan fingerprint density at radius 3 is 2.20 bits per heavy atom. The number of halogens is 1. The molecule has 0 spiro atoms. The van der Waals surface area contributed by atoms with E-state index in [1.165, 1.54) is 12.1 Å². The highest BCUT2D eigenvalue weighted by Crippen LogP contribution is 2.36. The lowest BCUT2D eigenvalue weighted by atomic mass is 10.0. The van der Waals surface area contributed by atoms with Gasteiger partial charge in [0.05, 0.1) is 11.0 Å². The van der Waals surface area contributed by atoms with E-state index >= 15 is 0 Å². The van der Waals surface area contributed by atoms with E-state index in [1.54, 1.807) is 43.3 Å². The highest BCUT2D eigenvalue weighted by molar-refractivity contribution is 8.65. The molecule has 0 heterocycles. The fraction of sp³-hybridized carbons (Fsp3) is 0.333. The van der Waals surface area contributed by atoms with Crippen LogP contribution in [0.15, 0.2) is 59.5 Å². The zero-order valence-electron chi connectivity index (χ0n) is 14.1. The molecule has 0 saturated carbocycles. The van der Waals surface area contributed by atoms with Crippen LogP contribution in [0.2, 0.25) is 0 Å². The maximum absolute atomic E-state index is 13.0. The molecule has 25 heavy (non-hydrogen) atoms. The van der Waals surface area contributed by atoms with Gasteiger partial charge >= 0.3 is 0 Å². The second-order valence-corrected chi connectivity index (χ2v) is 11.6. The number of rotatable bonds is 7. The molecule has 2 rings (SSSR count). The predicted molar refractivity (Wildman–Crippen MR) is 102 cm³/mol. The maximum atomic E-state index is 13.0. The van der Waals surface area contributed by atoms with Crippen LogP contribution in [-0.2, 0) is 25.1 Å². The van der Waals surface area contributed by atoms with Gasteiger partial charge in [-0.15, -0.1) is 11.6 Å². The summed E-state index contributed by atoms with van der Waals surface area (Å²) in [7, 11) is -6.74. The van der Waals surface area contributed by atoms with Crippen molar-refractivity contribution in [3.05, 3.63) is 65.7 Å². The Morgan fingerprint density at radius 1 is 1.12 bits per heavy atom. The summed E-state index contributed by atoms with van der Waals surface area (Å²) in [4.78, 5) is -0.0715. The van der Waals surface area contributed by atoms with Crippen LogP contribution in [-0.4, -0.2) is 28.0 Å². The number of aliphatic hydroxyl groups excluding tert-OH is 1. The normalized spacial score (nSPS) is 16.8. The molecule has 2 aromatic rings. The van der Waals surface area contributed by atoms with Gasteiger partial charge in [-0.3, -0.25) is 0 Å². The highest BCUT2D eigenvalue weighted by atomic mass is 35.5. The van der Waals surface area contributed by atoms with Crippen LogP contribution in [0.3, 0.4) is 0 Å². The van der Waals surface area contributed by atoms with E-state index in [-0.39, 0.29) is 17.7 Å². The number of alkyl halides is 1. The summed E-state index contributed by atoms with van der Waals surface area (Å²) < 4.78 is 36.8. The van der Waals surface area contributed by atoms with Crippen LogP contribution in [0.1, 0.15) is 24.5 Å². The molecule has 0 saturated heterocycles. The van der Waals surface area contributed by atoms with Crippen LogP contribution in [0.4, 0.5) is 0 Å². The molecule has 1 N–H and O–H groups in total. The standard InChI is InChI=1S/C18H21ClO4S2/c1-3-17(20)18(19,13-15-7-5-4-6-8-15)24(21)25(22,23)16-11-9-14(2)10-12-16/h4-12,17,20H,3,13H2,1-2H3/t17-,18-,24?/m1/s1. The topological polar surface area (TPSA) is 71.4 Å². The molecule has 0 radical (unpaired) electrons. The van der Waals surface area contributed by atoms with E-state index in [0.29, 0.717) is 5.56 Å². The van der Waals surface area contributed by atoms with Gasteiger partial charge in [0.2, 0.25) is 0 Å². The number of hydrogen-bond donors (Lipinski definition) is 1. The first kappa shape index (κ1) is 20.1. The van der Waals surface area contributed by atoms with Crippen molar-refractivity contribution in [2.24, 2.45) is 0 Å². The van der Waals surface area contributed by atoms with Crippen molar-refractivity contribution < 1.29 is 17.7 Å². The van der Waals surface area contributed by atoms with Gasteiger partial charge in [0.15, 0.2) is 14.0 Å². The van der Waals surface area contributed by atoms with Gasteiger partial charge < -0.3 is 5.11 Å². The zero-order chi connectivity index (χ0) is 18.7. The minimum Gasteiger partial charge on any atom is -0.390 e. The Labute approximate surface area is 155 Å². The third kappa shape index (κ3) is 4.31. The molecule has 0 fully saturated rings. The molecule has 0 amide bonds. The fourth-order valence-electron chi connectivity index (χ4n) is 2.44. The molecule has 7 heteroatoms. The summed E-state index contributed by atoms with van der Waals surface area (Å²) in [6.07, 6.45) is -1.08. The Kier molecular flexibility index (Phi) is 6.43. The molecule has 0 aromatic heterocycles. The van der Waals surface area contributed by atoms with Gasteiger partial charge in [-0.25, -0.2) is 12.6 Å². The smallest absolute Gasteiger partial charge is 0.259 e. The van der Waals surface area contributed by atoms with Crippen LogP contribution >= 0.6 is 11.6 Å². The van der Waals surface area contributed by atoms with E-state index in [0.717, 1.165) is 5.56 Å². The Balaban J connectivity index is 2.46. The van der Waals surface area contributed by atoms with Gasteiger partial charge in [0.25, 0.3) is 8.87 Å². The van der Waals surface area contributed by atoms with Crippen molar-refractivity contribution in [1.82, 2.24) is 0 Å². The van der Waals surface area contributed by atoms with Gasteiger partial charge in [-0.05, 0) is 31.0 Å². The van der Waals surface area contributed by atoms with Crippen molar-refractivity contribution >= 4 is 30.3 Å². The summed E-state index contributed by atoms with van der Waals surface area (Å²) in [6.45, 7) is 3.50. The molecule has 0 aliphatic rings. The van der Waals surface area contributed by atoms with Crippen LogP contribution < -0.4 is 0 Å². The lowest BCUT2D eigenvalue weighted by Gasteiger charge is -2.30. The van der Waals surface area contributed by atoms with Gasteiger partial charge in [-0.1, -0.05) is 55.0 Å². The first-order valence-corrected chi connectivity index (χ1v) is 11.4. The second kappa shape index (κ2) is 7.99. The first-order chi connectivity index (χ1) is 11.7. The molecule has 0 aliphatic carbocycles. The molecular formula is C18H21ClO4S2. The van der Waals surface area contributed by atoms with E-state index in [2.05, 4.69) is 0 Å². The zero-order valence-corrected chi connectivity index (χ0v) is 16.4. The lowest BCUT2D eigenvalue weighted by molar-refractivity contribution is 0.152. The van der Waals surface area contributed by atoms with Crippen molar-refractivity contribution in [2.45, 2.75) is 41.9 Å². The van der Waals surface area contributed by atoms with Crippen LogP contribution in [0.25, 0.3) is 0 Å². The maximum Gasteiger partial charge on any atom is 0.259 e. The SMILES string of the molecule is CC[C@@H](O)[C@@](Cl)(Cc1ccccc1)S(=O)S(=O)(=O)c1ccc(C)cc1. The first-order valence-electron chi connectivity index (χ1n) is 7.87. The minimum atomic E-state index is -4.21. The van der Waals surface area contributed by atoms with E-state index in [1.807, 2.05) is 13.0 Å². The summed E-state index contributed by atoms with van der Waals surface area (Å²) in [5.41, 5.74) is 1.59. The summed E-state index contributed by atoms with van der Waals surface area (Å²) in [6, 6.07) is 15.0. The molecule has 0 bridgehead atoms. The number of aliphatic hydroxyl groups is 1. The molecule has 4 nitrogen and oxygen atoms in total. The van der Waals surface area contributed by atoms with Crippen LogP contribution in [0, 0.1) is 6.92 Å². The molecule has 136 valence electrons. The van der Waals surface area contributed by atoms with Crippen molar-refractivity contribution in [3.8, 4) is 0 Å². The third-order valence-corrected chi connectivity index (χ3v) is 9.92. The largest absolute Gasteiger partial charge is 0.390 e. The van der Waals surface area contributed by atoms with Crippen molar-refractivity contribution in [1.29, 1.82) is 0 Å². The summed E-state index contributed by atoms with van der Waals surface area (Å²) in [5.74, 6) is 0. The molecule has 1 unspecified atom stereocenters. The van der Waals surface area contributed by atoms with E-state index in [4.69, 9.17) is 11.6 Å². The fourth-order valence-corrected chi connectivity index (χ4v) is 7.64. The van der Waals surface area contributed by atoms with E-state index < -0.39 is 29.0 Å². The Bertz CT molecular complexity index is 835. The average molecular weight is 401 g/mol. The molecular weight excluding hydrogens is 380 g/mol. The van der Waals surface area contributed by atoms with Gasteiger partial charge in [0.1, 0.15) is 0 Å². The van der Waals surface area contributed by atoms with Gasteiger partial charge in [0, 0.05) is 6.42 Å². The Hall–Kier alpha value is -1.21. The minimum absolute atomic E-state index is 0.0257. The monoisotopic (exact) mass is 400 g/mol. The third-order valence-electron chi connectivity index (χ3n) is 3.96. The number of hydrogen-bond acceptors (Lipinski definition) is 4. The lowest BCUT2D eigenvalue weighted by Crippen LogP contribution is -2.45. The van der Waals surface area contributed by atoms with Gasteiger partial charge in [-0.2, -0.15) is 0 Å². The number of aryl methyl sites for hydroxylation is 1. The Morgan fingerprint density at radius 2 is 1.68 bits per heavy atom. The molecule has 3 atom stereocenters. The van der Waals surface area contributed by atoms with E-state index in [9.17, 15) is 17.7 Å². The molecule has 2 aromatic carbocycles. The number of benzene rings is 2. The summed E-state index contributed by atoms with van der Waals surface area (Å²) in [5, 5.41) is 10.4. The molecule has 0 aliphatic heterocycles. The second-order valence-electron chi connectivity index (χ2n) is 5.87. The highest BCUT2D eigenvalue weighted by Gasteiger charge is 2.48. The quantitative estimate of drug-likeness (QED) is 0.571. The van der Waals surface area contributed by atoms with Crippen molar-refractivity contribution in [2.75, 3.05) is 0 Å². The predicted octanol–water partition coefficient (Wildman–Crippen LogP) is 3.38. The summed E-state index contributed by atoms with van der Waals surface area (Å²) >= 11 is 6.51.